The fourth-order valence-electron chi connectivity index (χ4n) is 1.98. The van der Waals surface area contributed by atoms with Gasteiger partial charge in [-0.1, -0.05) is 51.3 Å². The predicted octanol–water partition coefficient (Wildman–Crippen LogP) is 5.18. The molecule has 2 aromatic rings. The van der Waals surface area contributed by atoms with Gasteiger partial charge in [-0.25, -0.2) is 0 Å². The van der Waals surface area contributed by atoms with Crippen molar-refractivity contribution in [1.82, 2.24) is 4.98 Å². The largest absolute Gasteiger partial charge is 0.493 e. The number of terminal acetylenes is 1. The van der Waals surface area contributed by atoms with E-state index in [2.05, 4.69) is 54.1 Å². The Morgan fingerprint density at radius 1 is 1.24 bits per heavy atom. The van der Waals surface area contributed by atoms with Crippen LogP contribution in [0.1, 0.15) is 51.4 Å². The van der Waals surface area contributed by atoms with E-state index in [9.17, 15) is 4.79 Å². The van der Waals surface area contributed by atoms with Crippen LogP contribution in [0.15, 0.2) is 40.1 Å². The number of aromatic amines is 1. The molecule has 1 aromatic carbocycles. The second-order valence-electron chi connectivity index (χ2n) is 6.49. The number of hydrogen-bond donors (Lipinski definition) is 2. The summed E-state index contributed by atoms with van der Waals surface area (Å²) in [5, 5.41) is 2.96. The number of pyridine rings is 1. The lowest BCUT2D eigenvalue weighted by Gasteiger charge is -2.08. The summed E-state index contributed by atoms with van der Waals surface area (Å²) in [5.74, 6) is 3.88. The minimum atomic E-state index is -0.243. The number of aliphatic imine (C=N–C) groups is 1. The van der Waals surface area contributed by atoms with Gasteiger partial charge in [-0.05, 0) is 44.9 Å². The van der Waals surface area contributed by atoms with Crippen LogP contribution in [0.5, 0.6) is 5.75 Å². The SMILES string of the molecule is C#Cc1cc(NC=NCC)c(C)[nH]c1=O.CC.Cc1ccc(OCC(C)C)cc1. The molecule has 0 aliphatic carbocycles. The second kappa shape index (κ2) is 15.0. The first kappa shape index (κ1) is 26.0. The summed E-state index contributed by atoms with van der Waals surface area (Å²) in [6, 6.07) is 9.79. The van der Waals surface area contributed by atoms with Gasteiger partial charge in [0.25, 0.3) is 5.56 Å². The van der Waals surface area contributed by atoms with Gasteiger partial charge in [0.05, 0.1) is 24.2 Å². The van der Waals surface area contributed by atoms with Crippen molar-refractivity contribution in [3.05, 3.63) is 57.5 Å². The number of aryl methyl sites for hydroxylation is 2. The van der Waals surface area contributed by atoms with Gasteiger partial charge in [0.2, 0.25) is 0 Å². The Morgan fingerprint density at radius 3 is 2.38 bits per heavy atom. The maximum atomic E-state index is 11.3. The van der Waals surface area contributed by atoms with Crippen molar-refractivity contribution in [1.29, 1.82) is 0 Å². The number of nitrogens with zero attached hydrogens (tertiary/aromatic N) is 1. The molecule has 5 heteroatoms. The monoisotopic (exact) mass is 397 g/mol. The number of hydrogen-bond acceptors (Lipinski definition) is 3. The third kappa shape index (κ3) is 10.8. The van der Waals surface area contributed by atoms with Crippen LogP contribution in [0.4, 0.5) is 5.69 Å². The zero-order valence-electron chi connectivity index (χ0n) is 18.8. The molecule has 0 aliphatic heterocycles. The Balaban J connectivity index is 0.000000508. The Morgan fingerprint density at radius 2 is 1.86 bits per heavy atom. The third-order valence-corrected chi connectivity index (χ3v) is 3.49. The molecule has 1 heterocycles. The molecule has 0 unspecified atom stereocenters. The van der Waals surface area contributed by atoms with Crippen molar-refractivity contribution in [2.24, 2.45) is 10.9 Å². The van der Waals surface area contributed by atoms with Gasteiger partial charge >= 0.3 is 0 Å². The van der Waals surface area contributed by atoms with Crippen molar-refractivity contribution < 1.29 is 4.74 Å². The molecule has 29 heavy (non-hydrogen) atoms. The van der Waals surface area contributed by atoms with E-state index in [1.54, 1.807) is 19.3 Å². The highest BCUT2D eigenvalue weighted by atomic mass is 16.5. The van der Waals surface area contributed by atoms with Gasteiger partial charge in [-0.3, -0.25) is 9.79 Å². The third-order valence-electron chi connectivity index (χ3n) is 3.49. The van der Waals surface area contributed by atoms with Gasteiger partial charge < -0.3 is 15.0 Å². The Hall–Kier alpha value is -3.00. The van der Waals surface area contributed by atoms with Crippen LogP contribution in [-0.4, -0.2) is 24.5 Å². The van der Waals surface area contributed by atoms with Crippen LogP contribution in [0.3, 0.4) is 0 Å². The van der Waals surface area contributed by atoms with Crippen molar-refractivity contribution in [3.63, 3.8) is 0 Å². The lowest BCUT2D eigenvalue weighted by atomic mass is 10.2. The van der Waals surface area contributed by atoms with E-state index in [0.29, 0.717) is 18.0 Å². The summed E-state index contributed by atoms with van der Waals surface area (Å²) in [6.07, 6.45) is 6.78. The van der Waals surface area contributed by atoms with Crippen molar-refractivity contribution in [2.45, 2.75) is 48.5 Å². The summed E-state index contributed by atoms with van der Waals surface area (Å²) in [4.78, 5) is 18.0. The van der Waals surface area contributed by atoms with E-state index in [-0.39, 0.29) is 5.56 Å². The average Bonchev–Trinajstić information content (AvgIpc) is 2.71. The summed E-state index contributed by atoms with van der Waals surface area (Å²) in [6.45, 7) is 15.6. The number of anilines is 1. The van der Waals surface area contributed by atoms with Gasteiger partial charge in [0, 0.05) is 12.2 Å². The number of benzene rings is 1. The van der Waals surface area contributed by atoms with E-state index in [1.165, 1.54) is 5.56 Å². The van der Waals surface area contributed by atoms with Crippen molar-refractivity contribution >= 4 is 12.0 Å². The number of nitrogens with one attached hydrogen (secondary N) is 2. The second-order valence-corrected chi connectivity index (χ2v) is 6.49. The number of rotatable bonds is 6. The molecule has 0 spiro atoms. The first-order valence-electron chi connectivity index (χ1n) is 10.0. The molecule has 2 N–H and O–H groups in total. The van der Waals surface area contributed by atoms with Crippen LogP contribution in [0, 0.1) is 32.1 Å². The smallest absolute Gasteiger partial charge is 0.264 e. The highest BCUT2D eigenvalue weighted by Gasteiger charge is 2.02. The maximum Gasteiger partial charge on any atom is 0.264 e. The molecule has 0 atom stereocenters. The van der Waals surface area contributed by atoms with E-state index < -0.39 is 0 Å². The summed E-state index contributed by atoms with van der Waals surface area (Å²) in [7, 11) is 0. The topological polar surface area (TPSA) is 66.5 Å². The van der Waals surface area contributed by atoms with Crippen LogP contribution in [-0.2, 0) is 0 Å². The molecule has 0 saturated carbocycles. The Kier molecular flexibility index (Phi) is 13.4. The predicted molar refractivity (Wildman–Crippen MR) is 125 cm³/mol. The molecule has 158 valence electrons. The molecule has 0 radical (unpaired) electrons. The minimum absolute atomic E-state index is 0.243. The zero-order valence-corrected chi connectivity index (χ0v) is 18.8. The lowest BCUT2D eigenvalue weighted by molar-refractivity contribution is 0.271. The number of aromatic nitrogens is 1. The van der Waals surface area contributed by atoms with Crippen LogP contribution in [0.2, 0.25) is 0 Å². The highest BCUT2D eigenvalue weighted by Crippen LogP contribution is 2.12. The Labute approximate surface area is 175 Å². The van der Waals surface area contributed by atoms with Gasteiger partial charge in [0.15, 0.2) is 0 Å². The molecule has 1 aromatic heterocycles. The van der Waals surface area contributed by atoms with E-state index in [0.717, 1.165) is 23.7 Å². The summed E-state index contributed by atoms with van der Waals surface area (Å²) < 4.78 is 5.52. The van der Waals surface area contributed by atoms with E-state index in [4.69, 9.17) is 11.2 Å². The van der Waals surface area contributed by atoms with Crippen molar-refractivity contribution in [3.8, 4) is 18.1 Å². The summed E-state index contributed by atoms with van der Waals surface area (Å²) >= 11 is 0. The molecule has 0 aliphatic rings. The normalized spacial score (nSPS) is 9.76. The zero-order chi connectivity index (χ0) is 22.2. The lowest BCUT2D eigenvalue weighted by Crippen LogP contribution is -2.13. The maximum absolute atomic E-state index is 11.3. The fourth-order valence-corrected chi connectivity index (χ4v) is 1.98. The average molecular weight is 398 g/mol. The van der Waals surface area contributed by atoms with E-state index >= 15 is 0 Å². The molecule has 0 amide bonds. The van der Waals surface area contributed by atoms with Crippen LogP contribution in [0.25, 0.3) is 0 Å². The molecule has 2 rings (SSSR count). The number of H-pyrrole nitrogens is 1. The van der Waals surface area contributed by atoms with Gasteiger partial charge in [0.1, 0.15) is 5.75 Å². The number of ether oxygens (including phenoxy) is 1. The van der Waals surface area contributed by atoms with E-state index in [1.807, 2.05) is 32.9 Å². The Bertz CT molecular complexity index is 829. The molecule has 0 bridgehead atoms. The van der Waals surface area contributed by atoms with Crippen LogP contribution >= 0.6 is 0 Å². The first-order chi connectivity index (χ1) is 13.9. The first-order valence-corrected chi connectivity index (χ1v) is 10.0. The molecule has 0 saturated heterocycles. The van der Waals surface area contributed by atoms with Crippen molar-refractivity contribution in [2.75, 3.05) is 18.5 Å². The fraction of sp³-hybridized carbons (Fsp3) is 0.417. The van der Waals surface area contributed by atoms with Gasteiger partial charge in [-0.2, -0.15) is 0 Å². The van der Waals surface area contributed by atoms with Crippen LogP contribution < -0.4 is 15.6 Å². The molecular formula is C24H35N3O2. The molecule has 5 nitrogen and oxygen atoms in total. The minimum Gasteiger partial charge on any atom is -0.493 e. The quantitative estimate of drug-likeness (QED) is 0.401. The van der Waals surface area contributed by atoms with Gasteiger partial charge in [-0.15, -0.1) is 6.42 Å². The summed E-state index contributed by atoms with van der Waals surface area (Å²) in [5.41, 5.74) is 2.84. The molecular weight excluding hydrogens is 362 g/mol. The molecule has 0 fully saturated rings. The standard InChI is InChI=1S/C11H13N3O.C11H16O.C2H6/c1-4-9-6-10(13-7-12-5-2)8(3)14-11(9)15;1-9(2)8-12-11-6-4-10(3)5-7-11;1-2/h1,6-7H,5H2,2-3H3,(H,12,13)(H,14,15);4-7,9H,8H2,1-3H3;1-2H3. The highest BCUT2D eigenvalue weighted by molar-refractivity contribution is 5.77.